The number of benzene rings is 3. The maximum absolute atomic E-state index is 12.9. The first-order chi connectivity index (χ1) is 13.6. The third kappa shape index (κ3) is 3.84. The smallest absolute Gasteiger partial charge is 0.293 e. The van der Waals surface area contributed by atoms with Crippen molar-refractivity contribution in [3.63, 3.8) is 0 Å². The molecule has 4 nitrogen and oxygen atoms in total. The van der Waals surface area contributed by atoms with Crippen molar-refractivity contribution in [2.45, 2.75) is 6.54 Å². The van der Waals surface area contributed by atoms with E-state index in [-0.39, 0.29) is 11.7 Å². The van der Waals surface area contributed by atoms with Crippen molar-refractivity contribution in [2.24, 2.45) is 0 Å². The summed E-state index contributed by atoms with van der Waals surface area (Å²) < 4.78 is 5.84. The molecular weight excluding hydrogens is 395 g/mol. The van der Waals surface area contributed by atoms with Crippen LogP contribution in [0.25, 0.3) is 11.0 Å². The zero-order valence-corrected chi connectivity index (χ0v) is 16.2. The highest BCUT2D eigenvalue weighted by Crippen LogP contribution is 2.32. The van der Waals surface area contributed by atoms with Crippen LogP contribution < -0.4 is 10.6 Å². The Morgan fingerprint density at radius 2 is 1.71 bits per heavy atom. The zero-order valence-electron chi connectivity index (χ0n) is 14.7. The topological polar surface area (TPSA) is 54.3 Å². The van der Waals surface area contributed by atoms with Gasteiger partial charge in [-0.2, -0.15) is 0 Å². The average molecular weight is 411 g/mol. The van der Waals surface area contributed by atoms with E-state index in [0.29, 0.717) is 33.5 Å². The van der Waals surface area contributed by atoms with E-state index in [0.717, 1.165) is 10.9 Å². The minimum atomic E-state index is -0.361. The summed E-state index contributed by atoms with van der Waals surface area (Å²) in [6, 6.07) is 22.0. The van der Waals surface area contributed by atoms with E-state index in [9.17, 15) is 4.79 Å². The summed E-state index contributed by atoms with van der Waals surface area (Å²) in [6.07, 6.45) is 0. The van der Waals surface area contributed by atoms with Gasteiger partial charge in [0.25, 0.3) is 5.91 Å². The van der Waals surface area contributed by atoms with Crippen LogP contribution >= 0.6 is 23.2 Å². The molecule has 4 rings (SSSR count). The summed E-state index contributed by atoms with van der Waals surface area (Å²) in [5.74, 6) is -0.159. The summed E-state index contributed by atoms with van der Waals surface area (Å²) in [4.78, 5) is 12.9. The number of carbonyl (C=O) groups excluding carboxylic acids is 1. The van der Waals surface area contributed by atoms with Crippen molar-refractivity contribution in [1.82, 2.24) is 0 Å². The van der Waals surface area contributed by atoms with Crippen LogP contribution in [0.3, 0.4) is 0 Å². The molecule has 0 unspecified atom stereocenters. The SMILES string of the molecule is O=C(Nc1cccc(Cl)c1)c1oc2ccccc2c1NCc1ccccc1Cl. The largest absolute Gasteiger partial charge is 0.449 e. The number of furan rings is 1. The molecule has 0 spiro atoms. The number of amides is 1. The first-order valence-corrected chi connectivity index (χ1v) is 9.43. The van der Waals surface area contributed by atoms with E-state index in [4.69, 9.17) is 27.6 Å². The first-order valence-electron chi connectivity index (χ1n) is 8.67. The van der Waals surface area contributed by atoms with Crippen LogP contribution in [0.5, 0.6) is 0 Å². The van der Waals surface area contributed by atoms with Gasteiger partial charge in [0.1, 0.15) is 5.58 Å². The minimum absolute atomic E-state index is 0.202. The quantitative estimate of drug-likeness (QED) is 0.389. The molecule has 1 aromatic heterocycles. The highest BCUT2D eigenvalue weighted by atomic mass is 35.5. The average Bonchev–Trinajstić information content (AvgIpc) is 3.06. The van der Waals surface area contributed by atoms with Crippen molar-refractivity contribution in [3.05, 3.63) is 94.2 Å². The van der Waals surface area contributed by atoms with Crippen LogP contribution in [0.1, 0.15) is 16.1 Å². The lowest BCUT2D eigenvalue weighted by Crippen LogP contribution is -2.13. The van der Waals surface area contributed by atoms with Crippen molar-refractivity contribution in [3.8, 4) is 0 Å². The fraction of sp³-hybridized carbons (Fsp3) is 0.0455. The molecule has 28 heavy (non-hydrogen) atoms. The van der Waals surface area contributed by atoms with Gasteiger partial charge in [-0.1, -0.05) is 59.6 Å². The van der Waals surface area contributed by atoms with E-state index in [2.05, 4.69) is 10.6 Å². The summed E-state index contributed by atoms with van der Waals surface area (Å²) in [5, 5.41) is 8.16. The number of halogens is 2. The number of para-hydroxylation sites is 1. The summed E-state index contributed by atoms with van der Waals surface area (Å²) in [7, 11) is 0. The van der Waals surface area contributed by atoms with Gasteiger partial charge in [0, 0.05) is 27.7 Å². The Hall–Kier alpha value is -2.95. The van der Waals surface area contributed by atoms with Gasteiger partial charge >= 0.3 is 0 Å². The van der Waals surface area contributed by atoms with Gasteiger partial charge in [0.15, 0.2) is 0 Å². The fourth-order valence-electron chi connectivity index (χ4n) is 2.96. The molecule has 1 amide bonds. The molecular formula is C22H16Cl2N2O2. The molecule has 1 heterocycles. The van der Waals surface area contributed by atoms with E-state index in [1.54, 1.807) is 24.3 Å². The molecule has 0 saturated carbocycles. The van der Waals surface area contributed by atoms with Crippen LogP contribution in [0.2, 0.25) is 10.0 Å². The van der Waals surface area contributed by atoms with Crippen molar-refractivity contribution < 1.29 is 9.21 Å². The third-order valence-electron chi connectivity index (χ3n) is 4.30. The molecule has 140 valence electrons. The number of nitrogens with one attached hydrogen (secondary N) is 2. The van der Waals surface area contributed by atoms with Crippen LogP contribution in [0, 0.1) is 0 Å². The Labute approximate surface area is 172 Å². The Morgan fingerprint density at radius 1 is 0.929 bits per heavy atom. The van der Waals surface area contributed by atoms with Gasteiger partial charge in [-0.15, -0.1) is 0 Å². The van der Waals surface area contributed by atoms with E-state index >= 15 is 0 Å². The first kappa shape index (κ1) is 18.4. The maximum atomic E-state index is 12.9. The van der Waals surface area contributed by atoms with Gasteiger partial charge in [-0.05, 0) is 42.0 Å². The molecule has 0 aliphatic heterocycles. The Bertz CT molecular complexity index is 1150. The maximum Gasteiger partial charge on any atom is 0.293 e. The van der Waals surface area contributed by atoms with E-state index < -0.39 is 0 Å². The van der Waals surface area contributed by atoms with Crippen molar-refractivity contribution in [2.75, 3.05) is 10.6 Å². The number of hydrogen-bond acceptors (Lipinski definition) is 3. The standard InChI is InChI=1S/C22H16Cl2N2O2/c23-15-7-5-8-16(12-15)26-22(27)21-20(17-9-2-4-11-19(17)28-21)25-13-14-6-1-3-10-18(14)24/h1-12,25H,13H2,(H,26,27). The number of anilines is 2. The lowest BCUT2D eigenvalue weighted by atomic mass is 10.2. The van der Waals surface area contributed by atoms with Crippen LogP contribution in [-0.2, 0) is 6.54 Å². The Balaban J connectivity index is 1.66. The molecule has 3 aromatic carbocycles. The van der Waals surface area contributed by atoms with Crippen LogP contribution in [0.4, 0.5) is 11.4 Å². The van der Waals surface area contributed by atoms with Crippen LogP contribution in [-0.4, -0.2) is 5.91 Å². The van der Waals surface area contributed by atoms with Gasteiger partial charge in [-0.25, -0.2) is 0 Å². The molecule has 0 fully saturated rings. The monoisotopic (exact) mass is 410 g/mol. The molecule has 2 N–H and O–H groups in total. The van der Waals surface area contributed by atoms with Gasteiger partial charge in [0.05, 0.1) is 5.69 Å². The van der Waals surface area contributed by atoms with Crippen LogP contribution in [0.15, 0.2) is 77.2 Å². The molecule has 0 atom stereocenters. The number of fused-ring (bicyclic) bond motifs is 1. The Kier molecular flexibility index (Phi) is 5.24. The summed E-state index contributed by atoms with van der Waals surface area (Å²) in [5.41, 5.74) is 2.76. The van der Waals surface area contributed by atoms with E-state index in [1.807, 2.05) is 48.5 Å². The molecule has 0 radical (unpaired) electrons. The molecule has 0 aliphatic rings. The summed E-state index contributed by atoms with van der Waals surface area (Å²) >= 11 is 12.3. The predicted octanol–water partition coefficient (Wildman–Crippen LogP) is 6.60. The molecule has 4 aromatic rings. The third-order valence-corrected chi connectivity index (χ3v) is 4.90. The number of carbonyl (C=O) groups is 1. The molecule has 0 saturated heterocycles. The van der Waals surface area contributed by atoms with Gasteiger partial charge < -0.3 is 15.1 Å². The lowest BCUT2D eigenvalue weighted by Gasteiger charge is -2.09. The highest BCUT2D eigenvalue weighted by molar-refractivity contribution is 6.31. The molecule has 0 aliphatic carbocycles. The second-order valence-electron chi connectivity index (χ2n) is 6.21. The van der Waals surface area contributed by atoms with Crippen molar-refractivity contribution in [1.29, 1.82) is 0 Å². The lowest BCUT2D eigenvalue weighted by molar-refractivity contribution is 0.0999. The molecule has 0 bridgehead atoms. The zero-order chi connectivity index (χ0) is 19.5. The van der Waals surface area contributed by atoms with Gasteiger partial charge in [-0.3, -0.25) is 4.79 Å². The van der Waals surface area contributed by atoms with Crippen molar-refractivity contribution >= 4 is 51.5 Å². The van der Waals surface area contributed by atoms with Gasteiger partial charge in [0.2, 0.25) is 5.76 Å². The Morgan fingerprint density at radius 3 is 2.54 bits per heavy atom. The fourth-order valence-corrected chi connectivity index (χ4v) is 3.35. The number of hydrogen-bond donors (Lipinski definition) is 2. The molecule has 6 heteroatoms. The predicted molar refractivity (Wildman–Crippen MR) is 114 cm³/mol. The summed E-state index contributed by atoms with van der Waals surface area (Å²) in [6.45, 7) is 0.459. The second-order valence-corrected chi connectivity index (χ2v) is 7.06. The van der Waals surface area contributed by atoms with E-state index in [1.165, 1.54) is 0 Å². The number of rotatable bonds is 5. The minimum Gasteiger partial charge on any atom is -0.449 e. The highest BCUT2D eigenvalue weighted by Gasteiger charge is 2.21. The second kappa shape index (κ2) is 7.97. The normalized spacial score (nSPS) is 10.8.